The molecule has 1 aromatic carbocycles. The molecule has 0 aromatic heterocycles. The van der Waals surface area contributed by atoms with E-state index in [9.17, 15) is 0 Å². The molecule has 0 amide bonds. The van der Waals surface area contributed by atoms with Gasteiger partial charge in [-0.05, 0) is 111 Å². The molecule has 2 fully saturated rings. The van der Waals surface area contributed by atoms with Gasteiger partial charge in [-0.25, -0.2) is 0 Å². The highest BCUT2D eigenvalue weighted by Crippen LogP contribution is 2.52. The molecule has 0 nitrogen and oxygen atoms in total. The average Bonchev–Trinajstić information content (AvgIpc) is 3.61. The number of unbranched alkanes of at least 4 members (excludes halogenated alkanes) is 5. The summed E-state index contributed by atoms with van der Waals surface area (Å²) in [5.41, 5.74) is 7.94. The fraction of sp³-hybridized carbons (Fsp3) is 0.786. The van der Waals surface area contributed by atoms with Gasteiger partial charge >= 0.3 is 0 Å². The Bertz CT molecular complexity index is 615. The molecule has 1 aromatic rings. The summed E-state index contributed by atoms with van der Waals surface area (Å²) in [6.45, 7) is 9.52. The molecular weight excluding hydrogens is 336 g/mol. The predicted octanol–water partition coefficient (Wildman–Crippen LogP) is 8.89. The van der Waals surface area contributed by atoms with Gasteiger partial charge in [0.1, 0.15) is 0 Å². The normalized spacial score (nSPS) is 19.0. The molecule has 0 N–H and O–H groups in total. The Balaban J connectivity index is 1.38. The quantitative estimate of drug-likeness (QED) is 0.282. The molecule has 2 saturated carbocycles. The van der Waals surface area contributed by atoms with Crippen molar-refractivity contribution >= 4 is 0 Å². The molecular formula is C28H46. The van der Waals surface area contributed by atoms with Crippen molar-refractivity contribution in [1.82, 2.24) is 0 Å². The summed E-state index contributed by atoms with van der Waals surface area (Å²) >= 11 is 0. The SMILES string of the molecule is CCC1(CCCCCc2ccc(C)c(C)c2CCCCCCC2(C)CC2)CC1. The van der Waals surface area contributed by atoms with E-state index in [1.165, 1.54) is 108 Å². The van der Waals surface area contributed by atoms with Gasteiger partial charge in [0.05, 0.1) is 0 Å². The van der Waals surface area contributed by atoms with Crippen LogP contribution in [0.25, 0.3) is 0 Å². The second kappa shape index (κ2) is 9.82. The van der Waals surface area contributed by atoms with Gasteiger partial charge in [-0.15, -0.1) is 0 Å². The molecule has 158 valence electrons. The summed E-state index contributed by atoms with van der Waals surface area (Å²) in [5.74, 6) is 0. The number of hydrogen-bond donors (Lipinski definition) is 0. The summed E-state index contributed by atoms with van der Waals surface area (Å²) in [7, 11) is 0. The van der Waals surface area contributed by atoms with Gasteiger partial charge in [-0.2, -0.15) is 0 Å². The summed E-state index contributed by atoms with van der Waals surface area (Å²) in [6.07, 6.45) is 22.9. The van der Waals surface area contributed by atoms with Gasteiger partial charge in [-0.3, -0.25) is 0 Å². The van der Waals surface area contributed by atoms with E-state index in [2.05, 4.69) is 39.8 Å². The third-order valence-electron chi connectivity index (χ3n) is 8.39. The van der Waals surface area contributed by atoms with Crippen LogP contribution in [-0.2, 0) is 12.8 Å². The van der Waals surface area contributed by atoms with E-state index < -0.39 is 0 Å². The van der Waals surface area contributed by atoms with Crippen LogP contribution in [0.4, 0.5) is 0 Å². The van der Waals surface area contributed by atoms with Crippen LogP contribution >= 0.6 is 0 Å². The van der Waals surface area contributed by atoms with Crippen molar-refractivity contribution in [1.29, 1.82) is 0 Å². The zero-order valence-electron chi connectivity index (χ0n) is 19.5. The van der Waals surface area contributed by atoms with Crippen LogP contribution < -0.4 is 0 Å². The maximum atomic E-state index is 2.47. The van der Waals surface area contributed by atoms with Gasteiger partial charge in [0.25, 0.3) is 0 Å². The van der Waals surface area contributed by atoms with Gasteiger partial charge in [0.15, 0.2) is 0 Å². The van der Waals surface area contributed by atoms with Crippen LogP contribution in [0.15, 0.2) is 12.1 Å². The largest absolute Gasteiger partial charge is 0.0649 e. The molecule has 0 saturated heterocycles. The predicted molar refractivity (Wildman–Crippen MR) is 124 cm³/mol. The lowest BCUT2D eigenvalue weighted by Crippen LogP contribution is -2.02. The van der Waals surface area contributed by atoms with E-state index in [0.29, 0.717) is 0 Å². The lowest BCUT2D eigenvalue weighted by molar-refractivity contribution is 0.422. The van der Waals surface area contributed by atoms with Crippen molar-refractivity contribution < 1.29 is 0 Å². The first kappa shape index (κ1) is 21.9. The Morgan fingerprint density at radius 2 is 1.39 bits per heavy atom. The molecule has 3 rings (SSSR count). The van der Waals surface area contributed by atoms with Crippen molar-refractivity contribution in [2.24, 2.45) is 10.8 Å². The minimum atomic E-state index is 0.747. The van der Waals surface area contributed by atoms with Gasteiger partial charge in [0.2, 0.25) is 0 Å². The van der Waals surface area contributed by atoms with Gasteiger partial charge in [0, 0.05) is 0 Å². The topological polar surface area (TPSA) is 0 Å². The Morgan fingerprint density at radius 3 is 2.07 bits per heavy atom. The van der Waals surface area contributed by atoms with E-state index in [4.69, 9.17) is 0 Å². The molecule has 0 heteroatoms. The fourth-order valence-corrected chi connectivity index (χ4v) is 5.13. The van der Waals surface area contributed by atoms with E-state index in [1.807, 2.05) is 0 Å². The molecule has 0 unspecified atom stereocenters. The van der Waals surface area contributed by atoms with Crippen molar-refractivity contribution in [2.75, 3.05) is 0 Å². The Labute approximate surface area is 175 Å². The van der Waals surface area contributed by atoms with Crippen LogP contribution in [-0.4, -0.2) is 0 Å². The molecule has 2 aliphatic carbocycles. The summed E-state index contributed by atoms with van der Waals surface area (Å²) in [4.78, 5) is 0. The first-order valence-corrected chi connectivity index (χ1v) is 12.5. The molecule has 0 aliphatic heterocycles. The van der Waals surface area contributed by atoms with Crippen LogP contribution in [0.5, 0.6) is 0 Å². The maximum Gasteiger partial charge on any atom is -0.0273 e. The van der Waals surface area contributed by atoms with Crippen LogP contribution in [0.1, 0.15) is 126 Å². The highest BCUT2D eigenvalue weighted by atomic mass is 14.4. The molecule has 0 radical (unpaired) electrons. The van der Waals surface area contributed by atoms with Crippen LogP contribution in [0.2, 0.25) is 0 Å². The minimum Gasteiger partial charge on any atom is -0.0649 e. The third-order valence-corrected chi connectivity index (χ3v) is 8.39. The summed E-state index contributed by atoms with van der Waals surface area (Å²) in [6, 6.07) is 4.81. The van der Waals surface area contributed by atoms with Gasteiger partial charge < -0.3 is 0 Å². The summed E-state index contributed by atoms with van der Waals surface area (Å²) < 4.78 is 0. The van der Waals surface area contributed by atoms with Crippen molar-refractivity contribution in [3.63, 3.8) is 0 Å². The number of rotatable bonds is 14. The summed E-state index contributed by atoms with van der Waals surface area (Å²) in [5, 5.41) is 0. The fourth-order valence-electron chi connectivity index (χ4n) is 5.13. The lowest BCUT2D eigenvalue weighted by Gasteiger charge is -2.16. The second-order valence-corrected chi connectivity index (χ2v) is 10.8. The van der Waals surface area contributed by atoms with E-state index in [1.54, 1.807) is 16.7 Å². The maximum absolute atomic E-state index is 2.47. The molecule has 2 aliphatic rings. The van der Waals surface area contributed by atoms with Gasteiger partial charge in [-0.1, -0.05) is 64.5 Å². The standard InChI is InChI=1S/C28H46/c1-5-28(21-22-28)18-12-8-9-13-25-16-15-23(2)24(3)26(25)14-10-6-7-11-17-27(4)19-20-27/h15-16H,5-14,17-22H2,1-4H3. The molecule has 28 heavy (non-hydrogen) atoms. The van der Waals surface area contributed by atoms with Crippen LogP contribution in [0.3, 0.4) is 0 Å². The first-order valence-electron chi connectivity index (χ1n) is 12.5. The van der Waals surface area contributed by atoms with Crippen molar-refractivity contribution in [3.05, 3.63) is 34.4 Å². The Hall–Kier alpha value is -0.780. The molecule has 0 heterocycles. The average molecular weight is 383 g/mol. The second-order valence-electron chi connectivity index (χ2n) is 10.8. The number of hydrogen-bond acceptors (Lipinski definition) is 0. The first-order chi connectivity index (χ1) is 13.5. The Kier molecular flexibility index (Phi) is 7.68. The lowest BCUT2D eigenvalue weighted by atomic mass is 9.90. The highest BCUT2D eigenvalue weighted by Gasteiger charge is 2.39. The molecule has 0 bridgehead atoms. The zero-order chi connectivity index (χ0) is 20.0. The smallest absolute Gasteiger partial charge is 0.0273 e. The van der Waals surface area contributed by atoms with E-state index in [-0.39, 0.29) is 0 Å². The van der Waals surface area contributed by atoms with E-state index in [0.717, 1.165) is 10.8 Å². The van der Waals surface area contributed by atoms with Crippen molar-refractivity contribution in [2.45, 2.75) is 130 Å². The number of aryl methyl sites for hydroxylation is 2. The third kappa shape index (κ3) is 6.36. The highest BCUT2D eigenvalue weighted by molar-refractivity contribution is 5.40. The zero-order valence-corrected chi connectivity index (χ0v) is 19.5. The van der Waals surface area contributed by atoms with Crippen LogP contribution in [0, 0.1) is 24.7 Å². The van der Waals surface area contributed by atoms with Crippen molar-refractivity contribution in [3.8, 4) is 0 Å². The monoisotopic (exact) mass is 382 g/mol. The Morgan fingerprint density at radius 1 is 0.750 bits per heavy atom. The molecule has 0 atom stereocenters. The minimum absolute atomic E-state index is 0.747. The molecule has 0 spiro atoms. The van der Waals surface area contributed by atoms with E-state index >= 15 is 0 Å². The number of benzene rings is 1.